The minimum absolute atomic E-state index is 0.179. The third-order valence-electron chi connectivity index (χ3n) is 3.26. The first-order chi connectivity index (χ1) is 11.9. The number of esters is 1. The predicted molar refractivity (Wildman–Crippen MR) is 101 cm³/mol. The smallest absolute Gasteiger partial charge is 0.343 e. The summed E-state index contributed by atoms with van der Waals surface area (Å²) in [6, 6.07) is 5.29. The molecule has 1 heterocycles. The zero-order valence-electron chi connectivity index (χ0n) is 14.0. The Labute approximate surface area is 155 Å². The van der Waals surface area contributed by atoms with Gasteiger partial charge in [0.05, 0.1) is 19.1 Å². The molecule has 132 valence electrons. The SMILES string of the molecule is COC(=O)COc1ccc(C=CC(C)=C2SC(=S)NC2=O)cc1OC. The van der Waals surface area contributed by atoms with Crippen molar-refractivity contribution in [2.24, 2.45) is 0 Å². The highest BCUT2D eigenvalue weighted by atomic mass is 32.2. The van der Waals surface area contributed by atoms with Crippen molar-refractivity contribution in [3.05, 3.63) is 40.3 Å². The van der Waals surface area contributed by atoms with Crippen molar-refractivity contribution in [1.82, 2.24) is 5.32 Å². The second-order valence-electron chi connectivity index (χ2n) is 4.96. The highest BCUT2D eigenvalue weighted by Crippen LogP contribution is 2.30. The molecule has 2 rings (SSSR count). The lowest BCUT2D eigenvalue weighted by Crippen LogP contribution is -2.18. The lowest BCUT2D eigenvalue weighted by atomic mass is 10.1. The maximum absolute atomic E-state index is 11.7. The van der Waals surface area contributed by atoms with E-state index in [0.29, 0.717) is 20.7 Å². The van der Waals surface area contributed by atoms with E-state index in [4.69, 9.17) is 21.7 Å². The van der Waals surface area contributed by atoms with Gasteiger partial charge in [0.2, 0.25) is 0 Å². The molecule has 1 aliphatic rings. The van der Waals surface area contributed by atoms with E-state index in [9.17, 15) is 9.59 Å². The van der Waals surface area contributed by atoms with Crippen molar-refractivity contribution in [3.8, 4) is 11.5 Å². The number of allylic oxidation sites excluding steroid dienone is 2. The highest BCUT2D eigenvalue weighted by molar-refractivity contribution is 8.26. The summed E-state index contributed by atoms with van der Waals surface area (Å²) >= 11 is 6.23. The van der Waals surface area contributed by atoms with Crippen molar-refractivity contribution in [2.75, 3.05) is 20.8 Å². The van der Waals surface area contributed by atoms with Gasteiger partial charge in [-0.1, -0.05) is 42.2 Å². The van der Waals surface area contributed by atoms with E-state index in [1.54, 1.807) is 12.1 Å². The second kappa shape index (κ2) is 8.68. The highest BCUT2D eigenvalue weighted by Gasteiger charge is 2.23. The molecule has 1 fully saturated rings. The fourth-order valence-electron chi connectivity index (χ4n) is 1.97. The lowest BCUT2D eigenvalue weighted by molar-refractivity contribution is -0.142. The molecule has 8 heteroatoms. The van der Waals surface area contributed by atoms with Gasteiger partial charge in [0.25, 0.3) is 5.91 Å². The number of carbonyl (C=O) groups excluding carboxylic acids is 2. The average molecular weight is 379 g/mol. The fourth-order valence-corrected chi connectivity index (χ4v) is 3.02. The number of thioether (sulfide) groups is 1. The number of hydrogen-bond acceptors (Lipinski definition) is 7. The molecule has 25 heavy (non-hydrogen) atoms. The number of thiocarbonyl (C=S) groups is 1. The van der Waals surface area contributed by atoms with Crippen LogP contribution in [0.4, 0.5) is 0 Å². The molecule has 1 aliphatic heterocycles. The summed E-state index contributed by atoms with van der Waals surface area (Å²) < 4.78 is 15.6. The van der Waals surface area contributed by atoms with Crippen molar-refractivity contribution >= 4 is 46.3 Å². The fraction of sp³-hybridized carbons (Fsp3) is 0.235. The number of rotatable bonds is 6. The monoisotopic (exact) mass is 379 g/mol. The maximum atomic E-state index is 11.7. The number of carbonyl (C=O) groups is 2. The zero-order valence-corrected chi connectivity index (χ0v) is 15.6. The third-order valence-corrected chi connectivity index (χ3v) is 4.61. The first-order valence-electron chi connectivity index (χ1n) is 7.24. The van der Waals surface area contributed by atoms with Gasteiger partial charge in [-0.15, -0.1) is 0 Å². The van der Waals surface area contributed by atoms with Crippen molar-refractivity contribution in [2.45, 2.75) is 6.92 Å². The molecular formula is C17H17NO5S2. The van der Waals surface area contributed by atoms with Gasteiger partial charge in [-0.25, -0.2) is 4.79 Å². The summed E-state index contributed by atoms with van der Waals surface area (Å²) in [4.78, 5) is 23.5. The normalized spacial score (nSPS) is 16.0. The van der Waals surface area contributed by atoms with Crippen molar-refractivity contribution < 1.29 is 23.8 Å². The molecule has 1 aromatic carbocycles. The minimum atomic E-state index is -0.474. The number of nitrogens with one attached hydrogen (secondary N) is 1. The van der Waals surface area contributed by atoms with E-state index in [1.807, 2.05) is 25.1 Å². The zero-order chi connectivity index (χ0) is 18.4. The van der Waals surface area contributed by atoms with E-state index in [-0.39, 0.29) is 12.5 Å². The molecule has 0 saturated carbocycles. The molecule has 6 nitrogen and oxygen atoms in total. The Kier molecular flexibility index (Phi) is 6.60. The number of ether oxygens (including phenoxy) is 3. The van der Waals surface area contributed by atoms with Crippen LogP contribution in [0.3, 0.4) is 0 Å². The summed E-state index contributed by atoms with van der Waals surface area (Å²) in [5, 5.41) is 2.59. The summed E-state index contributed by atoms with van der Waals surface area (Å²) in [7, 11) is 2.81. The van der Waals surface area contributed by atoms with Gasteiger partial charge in [-0.05, 0) is 30.2 Å². The molecule has 1 amide bonds. The molecule has 0 bridgehead atoms. The van der Waals surface area contributed by atoms with Crippen LogP contribution in [0.2, 0.25) is 0 Å². The van der Waals surface area contributed by atoms with Gasteiger partial charge < -0.3 is 19.5 Å². The Hall–Kier alpha value is -2.32. The largest absolute Gasteiger partial charge is 0.493 e. The minimum Gasteiger partial charge on any atom is -0.493 e. The molecule has 1 saturated heterocycles. The van der Waals surface area contributed by atoms with Crippen LogP contribution in [0, 0.1) is 0 Å². The van der Waals surface area contributed by atoms with Crippen LogP contribution >= 0.6 is 24.0 Å². The number of benzene rings is 1. The quantitative estimate of drug-likeness (QED) is 0.463. The summed E-state index contributed by atoms with van der Waals surface area (Å²) in [6.45, 7) is 1.65. The van der Waals surface area contributed by atoms with E-state index in [1.165, 1.54) is 26.0 Å². The summed E-state index contributed by atoms with van der Waals surface area (Å²) in [6.07, 6.45) is 3.68. The molecule has 0 radical (unpaired) electrons. The average Bonchev–Trinajstić information content (AvgIpc) is 2.96. The van der Waals surface area contributed by atoms with E-state index >= 15 is 0 Å². The predicted octanol–water partition coefficient (Wildman–Crippen LogP) is 2.68. The molecule has 0 aromatic heterocycles. The molecule has 1 N–H and O–H groups in total. The number of methoxy groups -OCH3 is 2. The molecule has 0 spiro atoms. The number of hydrogen-bond donors (Lipinski definition) is 1. The first-order valence-corrected chi connectivity index (χ1v) is 8.47. The van der Waals surface area contributed by atoms with Gasteiger partial charge in [0.1, 0.15) is 4.32 Å². The van der Waals surface area contributed by atoms with Crippen LogP contribution in [0.5, 0.6) is 11.5 Å². The van der Waals surface area contributed by atoms with Crippen LogP contribution < -0.4 is 14.8 Å². The van der Waals surface area contributed by atoms with Crippen molar-refractivity contribution in [3.63, 3.8) is 0 Å². The van der Waals surface area contributed by atoms with E-state index in [0.717, 1.165) is 11.1 Å². The van der Waals surface area contributed by atoms with Gasteiger partial charge >= 0.3 is 5.97 Å². The molecular weight excluding hydrogens is 362 g/mol. The van der Waals surface area contributed by atoms with Crippen LogP contribution in [-0.2, 0) is 14.3 Å². The van der Waals surface area contributed by atoms with E-state index in [2.05, 4.69) is 10.1 Å². The second-order valence-corrected chi connectivity index (χ2v) is 6.65. The lowest BCUT2D eigenvalue weighted by Gasteiger charge is -2.10. The Bertz CT molecular complexity index is 770. The maximum Gasteiger partial charge on any atom is 0.343 e. The van der Waals surface area contributed by atoms with Gasteiger partial charge in [0.15, 0.2) is 18.1 Å². The van der Waals surface area contributed by atoms with Gasteiger partial charge in [0, 0.05) is 0 Å². The number of amides is 1. The van der Waals surface area contributed by atoms with Crippen LogP contribution in [-0.4, -0.2) is 37.0 Å². The van der Waals surface area contributed by atoms with E-state index < -0.39 is 5.97 Å². The molecule has 1 aromatic rings. The topological polar surface area (TPSA) is 73.9 Å². The first kappa shape index (κ1) is 19.0. The Balaban J connectivity index is 2.15. The van der Waals surface area contributed by atoms with Crippen LogP contribution in [0.25, 0.3) is 6.08 Å². The molecule has 0 unspecified atom stereocenters. The molecule has 0 atom stereocenters. The molecule has 0 aliphatic carbocycles. The summed E-state index contributed by atoms with van der Waals surface area (Å²) in [5.74, 6) is 0.279. The van der Waals surface area contributed by atoms with Crippen LogP contribution in [0.1, 0.15) is 12.5 Å². The summed E-state index contributed by atoms with van der Waals surface area (Å²) in [5.41, 5.74) is 1.67. The Morgan fingerprint density at radius 1 is 1.32 bits per heavy atom. The van der Waals surface area contributed by atoms with Gasteiger partial charge in [-0.2, -0.15) is 0 Å². The Morgan fingerprint density at radius 2 is 2.08 bits per heavy atom. The Morgan fingerprint density at radius 3 is 2.68 bits per heavy atom. The van der Waals surface area contributed by atoms with Crippen molar-refractivity contribution in [1.29, 1.82) is 0 Å². The van der Waals surface area contributed by atoms with Crippen LogP contribution in [0.15, 0.2) is 34.8 Å². The third kappa shape index (κ3) is 5.07. The van der Waals surface area contributed by atoms with Gasteiger partial charge in [-0.3, -0.25) is 4.79 Å². The standard InChI is InChI=1S/C17H17NO5S2/c1-10(15-16(20)18-17(24)25-15)4-5-11-6-7-12(13(8-11)21-2)23-9-14(19)22-3/h4-8H,9H2,1-3H3,(H,18,20,24).